The van der Waals surface area contributed by atoms with Crippen molar-refractivity contribution >= 4 is 0 Å². The number of rotatable bonds is 0. The van der Waals surface area contributed by atoms with Crippen LogP contribution in [0.25, 0.3) is 0 Å². The van der Waals surface area contributed by atoms with E-state index in [0.29, 0.717) is 0 Å². The van der Waals surface area contributed by atoms with Crippen molar-refractivity contribution in [2.45, 2.75) is 20.0 Å². The second-order valence-electron chi connectivity index (χ2n) is 2.33. The minimum absolute atomic E-state index is 0.383. The van der Waals surface area contributed by atoms with Gasteiger partial charge in [-0.15, -0.1) is 0 Å². The van der Waals surface area contributed by atoms with E-state index in [1.165, 1.54) is 0 Å². The van der Waals surface area contributed by atoms with Gasteiger partial charge in [0.1, 0.15) is 0 Å². The van der Waals surface area contributed by atoms with Gasteiger partial charge in [-0.1, -0.05) is 0 Å². The maximum absolute atomic E-state index is 9.16. The molecule has 2 nitrogen and oxygen atoms in total. The maximum Gasteiger partial charge on any atom is 0.0965 e. The Morgan fingerprint density at radius 1 is 1.56 bits per heavy atom. The first-order valence-electron chi connectivity index (χ1n) is 3.00. The van der Waals surface area contributed by atoms with Crippen LogP contribution in [0.3, 0.4) is 0 Å². The fourth-order valence-corrected chi connectivity index (χ4v) is 0.729. The molecule has 0 aromatic carbocycles. The number of hydrogen-bond donors (Lipinski definition) is 2. The smallest absolute Gasteiger partial charge is 0.0965 e. The topological polar surface area (TPSA) is 32.3 Å². The number of allylic oxidation sites excluding steroid dienone is 1. The quantitative estimate of drug-likeness (QED) is 0.501. The second kappa shape index (κ2) is 2.23. The summed E-state index contributed by atoms with van der Waals surface area (Å²) < 4.78 is 0. The zero-order valence-electron chi connectivity index (χ0n) is 5.68. The third-order valence-corrected chi connectivity index (χ3v) is 1.40. The van der Waals surface area contributed by atoms with Gasteiger partial charge < -0.3 is 10.4 Å². The maximum atomic E-state index is 9.16. The van der Waals surface area contributed by atoms with E-state index in [2.05, 4.69) is 5.32 Å². The van der Waals surface area contributed by atoms with Crippen LogP contribution in [0, 0.1) is 0 Å². The molecule has 2 heteroatoms. The lowest BCUT2D eigenvalue weighted by Crippen LogP contribution is -2.17. The van der Waals surface area contributed by atoms with Gasteiger partial charge in [-0.05, 0) is 25.5 Å². The van der Waals surface area contributed by atoms with Crippen molar-refractivity contribution in [3.63, 3.8) is 0 Å². The van der Waals surface area contributed by atoms with Crippen molar-refractivity contribution in [2.24, 2.45) is 0 Å². The average Bonchev–Trinajstić information content (AvgIpc) is 1.80. The number of nitrogens with one attached hydrogen (secondary N) is 1. The Morgan fingerprint density at radius 2 is 2.22 bits per heavy atom. The molecule has 9 heavy (non-hydrogen) atoms. The molecule has 2 N–H and O–H groups in total. The van der Waals surface area contributed by atoms with Crippen LogP contribution in [0.15, 0.2) is 23.5 Å². The summed E-state index contributed by atoms with van der Waals surface area (Å²) in [6.45, 7) is 3.81. The van der Waals surface area contributed by atoms with E-state index in [0.717, 1.165) is 11.3 Å². The highest BCUT2D eigenvalue weighted by Crippen LogP contribution is 2.08. The van der Waals surface area contributed by atoms with Gasteiger partial charge in [0.15, 0.2) is 0 Å². The SMILES string of the molecule is CC1=C[C@@H](O)C(C)=CN1. The van der Waals surface area contributed by atoms with Gasteiger partial charge in [-0.2, -0.15) is 0 Å². The first kappa shape index (κ1) is 6.36. The molecule has 1 atom stereocenters. The van der Waals surface area contributed by atoms with Gasteiger partial charge in [-0.3, -0.25) is 0 Å². The molecule has 0 aromatic heterocycles. The minimum Gasteiger partial charge on any atom is -0.385 e. The van der Waals surface area contributed by atoms with E-state index in [1.54, 1.807) is 6.08 Å². The Kier molecular flexibility index (Phi) is 1.58. The van der Waals surface area contributed by atoms with Gasteiger partial charge in [0.05, 0.1) is 6.10 Å². The zero-order chi connectivity index (χ0) is 6.85. The summed E-state index contributed by atoms with van der Waals surface area (Å²) in [6, 6.07) is 0. The van der Waals surface area contributed by atoms with Gasteiger partial charge in [-0.25, -0.2) is 0 Å². The van der Waals surface area contributed by atoms with Crippen molar-refractivity contribution in [3.8, 4) is 0 Å². The standard InChI is InChI=1S/C7H11NO/c1-5-4-8-6(2)3-7(5)9/h3-4,7-9H,1-2H3/t7-/m1/s1. The summed E-state index contributed by atoms with van der Waals surface area (Å²) in [7, 11) is 0. The Bertz CT molecular complexity index is 170. The summed E-state index contributed by atoms with van der Waals surface area (Å²) in [5, 5.41) is 12.2. The Morgan fingerprint density at radius 3 is 2.67 bits per heavy atom. The zero-order valence-corrected chi connectivity index (χ0v) is 5.68. The molecule has 0 radical (unpaired) electrons. The average molecular weight is 125 g/mol. The lowest BCUT2D eigenvalue weighted by Gasteiger charge is -2.14. The first-order valence-corrected chi connectivity index (χ1v) is 3.00. The highest BCUT2D eigenvalue weighted by Gasteiger charge is 2.06. The van der Waals surface area contributed by atoms with Gasteiger partial charge >= 0.3 is 0 Å². The normalized spacial score (nSPS) is 26.3. The fraction of sp³-hybridized carbons (Fsp3) is 0.429. The molecule has 0 aromatic rings. The number of hydrogen-bond acceptors (Lipinski definition) is 2. The third-order valence-electron chi connectivity index (χ3n) is 1.40. The van der Waals surface area contributed by atoms with Crippen molar-refractivity contribution in [1.82, 2.24) is 5.32 Å². The third kappa shape index (κ3) is 1.33. The molecule has 0 unspecified atom stereocenters. The van der Waals surface area contributed by atoms with E-state index in [-0.39, 0.29) is 6.10 Å². The molecule has 50 valence electrons. The van der Waals surface area contributed by atoms with E-state index in [4.69, 9.17) is 5.11 Å². The molecule has 0 saturated heterocycles. The largest absolute Gasteiger partial charge is 0.385 e. The molecule has 0 spiro atoms. The molecule has 0 aliphatic carbocycles. The van der Waals surface area contributed by atoms with Crippen LogP contribution in [0.4, 0.5) is 0 Å². The van der Waals surface area contributed by atoms with Crippen LogP contribution in [-0.2, 0) is 0 Å². The molecular formula is C7H11NO. The van der Waals surface area contributed by atoms with Crippen LogP contribution in [0.5, 0.6) is 0 Å². The number of aliphatic hydroxyl groups excluding tert-OH is 1. The molecule has 1 aliphatic heterocycles. The molecule has 0 saturated carbocycles. The molecule has 0 fully saturated rings. The summed E-state index contributed by atoms with van der Waals surface area (Å²) in [5.41, 5.74) is 1.97. The monoisotopic (exact) mass is 125 g/mol. The lowest BCUT2D eigenvalue weighted by atomic mass is 10.1. The van der Waals surface area contributed by atoms with Gasteiger partial charge in [0, 0.05) is 11.9 Å². The van der Waals surface area contributed by atoms with E-state index in [1.807, 2.05) is 20.0 Å². The number of aliphatic hydroxyl groups is 1. The summed E-state index contributed by atoms with van der Waals surface area (Å²) in [6.07, 6.45) is 3.22. The van der Waals surface area contributed by atoms with E-state index in [9.17, 15) is 0 Å². The summed E-state index contributed by atoms with van der Waals surface area (Å²) in [5.74, 6) is 0. The molecule has 0 bridgehead atoms. The lowest BCUT2D eigenvalue weighted by molar-refractivity contribution is 0.255. The second-order valence-corrected chi connectivity index (χ2v) is 2.33. The molecular weight excluding hydrogens is 114 g/mol. The van der Waals surface area contributed by atoms with E-state index < -0.39 is 0 Å². The molecule has 0 amide bonds. The summed E-state index contributed by atoms with van der Waals surface area (Å²) in [4.78, 5) is 0. The predicted molar refractivity (Wildman–Crippen MR) is 36.7 cm³/mol. The van der Waals surface area contributed by atoms with Crippen molar-refractivity contribution in [3.05, 3.63) is 23.5 Å². The van der Waals surface area contributed by atoms with Gasteiger partial charge in [0.2, 0.25) is 0 Å². The predicted octanol–water partition coefficient (Wildman–Crippen LogP) is 0.758. The van der Waals surface area contributed by atoms with E-state index >= 15 is 0 Å². The van der Waals surface area contributed by atoms with Crippen LogP contribution < -0.4 is 5.32 Å². The van der Waals surface area contributed by atoms with Crippen molar-refractivity contribution in [2.75, 3.05) is 0 Å². The minimum atomic E-state index is -0.383. The van der Waals surface area contributed by atoms with Crippen molar-refractivity contribution in [1.29, 1.82) is 0 Å². The first-order chi connectivity index (χ1) is 4.20. The van der Waals surface area contributed by atoms with Crippen LogP contribution in [-0.4, -0.2) is 11.2 Å². The molecule has 1 aliphatic rings. The van der Waals surface area contributed by atoms with Crippen LogP contribution in [0.1, 0.15) is 13.8 Å². The Labute approximate surface area is 54.9 Å². The molecule has 1 rings (SSSR count). The van der Waals surface area contributed by atoms with Gasteiger partial charge in [0.25, 0.3) is 0 Å². The van der Waals surface area contributed by atoms with Crippen molar-refractivity contribution < 1.29 is 5.11 Å². The van der Waals surface area contributed by atoms with Crippen LogP contribution in [0.2, 0.25) is 0 Å². The highest BCUT2D eigenvalue weighted by molar-refractivity contribution is 5.21. The Hall–Kier alpha value is -0.760. The highest BCUT2D eigenvalue weighted by atomic mass is 16.3. The Balaban J connectivity index is 2.70. The molecule has 1 heterocycles. The summed E-state index contributed by atoms with van der Waals surface area (Å²) >= 11 is 0. The fourth-order valence-electron chi connectivity index (χ4n) is 0.729. The number of dihydropyridines is 1. The van der Waals surface area contributed by atoms with Crippen LogP contribution >= 0.6 is 0 Å².